The number of likely N-dealkylation sites (tertiary alicyclic amines) is 1. The van der Waals surface area contributed by atoms with Gasteiger partial charge in [-0.15, -0.1) is 0 Å². The van der Waals surface area contributed by atoms with Gasteiger partial charge in [0.05, 0.1) is 6.04 Å². The van der Waals surface area contributed by atoms with Crippen LogP contribution in [0, 0.1) is 6.92 Å². The number of hydrogen-bond donors (Lipinski definition) is 2. The van der Waals surface area contributed by atoms with Crippen LogP contribution in [0.2, 0.25) is 0 Å². The molecule has 1 fully saturated rings. The zero-order valence-corrected chi connectivity index (χ0v) is 14.6. The molecule has 1 aliphatic heterocycles. The third kappa shape index (κ3) is 4.57. The molecule has 1 amide bonds. The minimum atomic E-state index is -0.249. The summed E-state index contributed by atoms with van der Waals surface area (Å²) < 4.78 is 0. The summed E-state index contributed by atoms with van der Waals surface area (Å²) in [5.41, 5.74) is 2.06. The summed E-state index contributed by atoms with van der Waals surface area (Å²) in [7, 11) is 0. The van der Waals surface area contributed by atoms with Crippen molar-refractivity contribution in [2.45, 2.75) is 32.2 Å². The van der Waals surface area contributed by atoms with Gasteiger partial charge in [0.2, 0.25) is 5.56 Å². The first-order chi connectivity index (χ1) is 12.1. The summed E-state index contributed by atoms with van der Waals surface area (Å²) in [4.78, 5) is 29.2. The van der Waals surface area contributed by atoms with Crippen molar-refractivity contribution in [3.63, 3.8) is 0 Å². The Morgan fingerprint density at radius 2 is 1.88 bits per heavy atom. The van der Waals surface area contributed by atoms with E-state index in [2.05, 4.69) is 27.3 Å². The van der Waals surface area contributed by atoms with Gasteiger partial charge in [-0.2, -0.15) is 0 Å². The summed E-state index contributed by atoms with van der Waals surface area (Å²) in [5.74, 6) is -0.202. The van der Waals surface area contributed by atoms with Crippen LogP contribution in [0.3, 0.4) is 0 Å². The Kier molecular flexibility index (Phi) is 5.66. The molecule has 1 aromatic heterocycles. The molecule has 1 saturated heterocycles. The van der Waals surface area contributed by atoms with Crippen molar-refractivity contribution in [2.75, 3.05) is 19.6 Å². The Bertz CT molecular complexity index is 764. The van der Waals surface area contributed by atoms with Crippen molar-refractivity contribution in [2.24, 2.45) is 0 Å². The Hall–Kier alpha value is -2.40. The van der Waals surface area contributed by atoms with Gasteiger partial charge in [0.25, 0.3) is 5.91 Å². The molecule has 5 heteroatoms. The summed E-state index contributed by atoms with van der Waals surface area (Å²) in [5, 5.41) is 3.02. The van der Waals surface area contributed by atoms with Crippen molar-refractivity contribution in [1.82, 2.24) is 15.2 Å². The smallest absolute Gasteiger partial charge is 0.251 e. The van der Waals surface area contributed by atoms with Crippen LogP contribution in [-0.2, 0) is 0 Å². The molecule has 0 bridgehead atoms. The quantitative estimate of drug-likeness (QED) is 0.880. The van der Waals surface area contributed by atoms with Crippen molar-refractivity contribution >= 4 is 5.91 Å². The van der Waals surface area contributed by atoms with Gasteiger partial charge in [0, 0.05) is 23.9 Å². The van der Waals surface area contributed by atoms with Crippen LogP contribution in [0.1, 0.15) is 46.9 Å². The van der Waals surface area contributed by atoms with Gasteiger partial charge < -0.3 is 10.3 Å². The van der Waals surface area contributed by atoms with Crippen molar-refractivity contribution < 1.29 is 4.79 Å². The number of H-pyrrole nitrogens is 1. The van der Waals surface area contributed by atoms with E-state index in [4.69, 9.17) is 0 Å². The lowest BCUT2D eigenvalue weighted by Crippen LogP contribution is -2.40. The van der Waals surface area contributed by atoms with Crippen LogP contribution in [0.4, 0.5) is 0 Å². The molecule has 0 aliphatic carbocycles. The Labute approximate surface area is 148 Å². The Morgan fingerprint density at radius 1 is 1.16 bits per heavy atom. The fraction of sp³-hybridized carbons (Fsp3) is 0.400. The van der Waals surface area contributed by atoms with Crippen molar-refractivity contribution in [3.8, 4) is 0 Å². The maximum atomic E-state index is 12.5. The minimum Gasteiger partial charge on any atom is -0.350 e. The standard InChI is InChI=1S/C20H25N3O2/c1-15-12-17(13-19(24)22-15)20(25)21-14-18(16-8-4-2-5-9-16)23-10-6-3-7-11-23/h2,4-5,8-9,12-13,18H,3,6-7,10-11,14H2,1H3,(H,21,25)(H,22,24). The number of aryl methyl sites for hydroxylation is 1. The second kappa shape index (κ2) is 8.12. The third-order valence-corrected chi connectivity index (χ3v) is 4.71. The number of pyridine rings is 1. The van der Waals surface area contributed by atoms with E-state index in [1.54, 1.807) is 13.0 Å². The third-order valence-electron chi connectivity index (χ3n) is 4.71. The number of aromatic amines is 1. The molecule has 5 nitrogen and oxygen atoms in total. The number of amides is 1. The number of carbonyl (C=O) groups excluding carboxylic acids is 1. The fourth-order valence-electron chi connectivity index (χ4n) is 3.47. The highest BCUT2D eigenvalue weighted by Crippen LogP contribution is 2.24. The minimum absolute atomic E-state index is 0.161. The van der Waals surface area contributed by atoms with Gasteiger partial charge in [-0.3, -0.25) is 14.5 Å². The Balaban J connectivity index is 1.73. The molecule has 2 aromatic rings. The second-order valence-electron chi connectivity index (χ2n) is 6.65. The average Bonchev–Trinajstić information content (AvgIpc) is 2.63. The summed E-state index contributed by atoms with van der Waals surface area (Å²) in [6.07, 6.45) is 3.67. The molecule has 1 aliphatic rings. The predicted octanol–water partition coefficient (Wildman–Crippen LogP) is 2.64. The van der Waals surface area contributed by atoms with Crippen LogP contribution in [0.15, 0.2) is 47.3 Å². The number of aromatic nitrogens is 1. The largest absolute Gasteiger partial charge is 0.350 e. The van der Waals surface area contributed by atoms with Crippen LogP contribution >= 0.6 is 0 Å². The van der Waals surface area contributed by atoms with E-state index in [-0.39, 0.29) is 17.5 Å². The van der Waals surface area contributed by atoms with Gasteiger partial charge in [-0.05, 0) is 44.5 Å². The molecule has 1 aromatic carbocycles. The first-order valence-corrected chi connectivity index (χ1v) is 8.91. The molecule has 1 unspecified atom stereocenters. The van der Waals surface area contributed by atoms with Crippen LogP contribution < -0.4 is 10.9 Å². The number of piperidine rings is 1. The lowest BCUT2D eigenvalue weighted by atomic mass is 10.0. The normalized spacial score (nSPS) is 16.4. The van der Waals surface area contributed by atoms with E-state index in [9.17, 15) is 9.59 Å². The lowest BCUT2D eigenvalue weighted by Gasteiger charge is -2.35. The molecule has 0 spiro atoms. The number of benzene rings is 1. The number of hydrogen-bond acceptors (Lipinski definition) is 3. The lowest BCUT2D eigenvalue weighted by molar-refractivity contribution is 0.0924. The first-order valence-electron chi connectivity index (χ1n) is 8.91. The molecular formula is C20H25N3O2. The molecule has 25 heavy (non-hydrogen) atoms. The van der Waals surface area contributed by atoms with Crippen LogP contribution in [0.25, 0.3) is 0 Å². The Morgan fingerprint density at radius 3 is 2.56 bits per heavy atom. The molecule has 3 rings (SSSR count). The average molecular weight is 339 g/mol. The molecule has 1 atom stereocenters. The second-order valence-corrected chi connectivity index (χ2v) is 6.65. The highest BCUT2D eigenvalue weighted by atomic mass is 16.2. The topological polar surface area (TPSA) is 65.2 Å². The highest BCUT2D eigenvalue weighted by molar-refractivity contribution is 5.94. The van der Waals surface area contributed by atoms with Crippen LogP contribution in [-0.4, -0.2) is 35.4 Å². The summed E-state index contributed by atoms with van der Waals surface area (Å²) in [6, 6.07) is 13.5. The van der Waals surface area contributed by atoms with Gasteiger partial charge in [-0.25, -0.2) is 0 Å². The van der Waals surface area contributed by atoms with Crippen molar-refractivity contribution in [3.05, 3.63) is 69.6 Å². The van der Waals surface area contributed by atoms with Gasteiger partial charge >= 0.3 is 0 Å². The number of nitrogens with one attached hydrogen (secondary N) is 2. The molecular weight excluding hydrogens is 314 g/mol. The van der Waals surface area contributed by atoms with E-state index in [1.807, 2.05) is 18.2 Å². The molecule has 2 N–H and O–H groups in total. The predicted molar refractivity (Wildman–Crippen MR) is 98.7 cm³/mol. The van der Waals surface area contributed by atoms with E-state index in [0.717, 1.165) is 13.1 Å². The van der Waals surface area contributed by atoms with E-state index in [0.29, 0.717) is 17.8 Å². The van der Waals surface area contributed by atoms with Crippen molar-refractivity contribution in [1.29, 1.82) is 0 Å². The zero-order valence-electron chi connectivity index (χ0n) is 14.6. The van der Waals surface area contributed by atoms with Gasteiger partial charge in [-0.1, -0.05) is 36.8 Å². The summed E-state index contributed by atoms with van der Waals surface area (Å²) in [6.45, 7) is 4.42. The first kappa shape index (κ1) is 17.4. The maximum absolute atomic E-state index is 12.5. The van der Waals surface area contributed by atoms with E-state index < -0.39 is 0 Å². The number of nitrogens with zero attached hydrogens (tertiary/aromatic N) is 1. The highest BCUT2D eigenvalue weighted by Gasteiger charge is 2.23. The fourth-order valence-corrected chi connectivity index (χ4v) is 3.47. The molecule has 0 radical (unpaired) electrons. The number of carbonyl (C=O) groups is 1. The van der Waals surface area contributed by atoms with Crippen LogP contribution in [0.5, 0.6) is 0 Å². The molecule has 0 saturated carbocycles. The van der Waals surface area contributed by atoms with Gasteiger partial charge in [0.1, 0.15) is 0 Å². The number of rotatable bonds is 5. The van der Waals surface area contributed by atoms with E-state index >= 15 is 0 Å². The molecule has 132 valence electrons. The molecule has 2 heterocycles. The monoisotopic (exact) mass is 339 g/mol. The van der Waals surface area contributed by atoms with Gasteiger partial charge in [0.15, 0.2) is 0 Å². The maximum Gasteiger partial charge on any atom is 0.251 e. The summed E-state index contributed by atoms with van der Waals surface area (Å²) >= 11 is 0. The zero-order chi connectivity index (χ0) is 17.6. The van der Waals surface area contributed by atoms with E-state index in [1.165, 1.54) is 30.9 Å². The SMILES string of the molecule is Cc1cc(C(=O)NCC(c2ccccc2)N2CCCCC2)cc(=O)[nH]1.